The standard InChI is InChI=1S/C37H48FN7O2/c1-4-29-23-44(19-20-45(29)34(46)14-8-17-42-21-28(38)22-42)36-31-15-18-43(33-13-6-11-27-10-5-9-26(2)35(27)33)24-32(31)39-37(40-36)47-25-30-12-7-16-41(30)3/h5-6,8-11,13-14,28-30H,4,7,12,15-25H2,1-3H3/b14-8+/t29-,30-/m0/s1. The summed E-state index contributed by atoms with van der Waals surface area (Å²) in [6.07, 6.45) is 6.82. The number of likely N-dealkylation sites (tertiary alicyclic amines) is 2. The zero-order valence-corrected chi connectivity index (χ0v) is 28.1. The fraction of sp³-hybridized carbons (Fsp3) is 0.541. The Bertz CT molecular complexity index is 1620. The van der Waals surface area contributed by atoms with Crippen LogP contribution in [-0.4, -0.2) is 115 Å². The average Bonchev–Trinajstić information content (AvgIpc) is 3.49. The maximum Gasteiger partial charge on any atom is 0.318 e. The lowest BCUT2D eigenvalue weighted by atomic mass is 9.99. The van der Waals surface area contributed by atoms with Gasteiger partial charge in [0.1, 0.15) is 18.6 Å². The molecule has 9 nitrogen and oxygen atoms in total. The Labute approximate surface area is 278 Å². The van der Waals surface area contributed by atoms with E-state index in [9.17, 15) is 9.18 Å². The first-order valence-corrected chi connectivity index (χ1v) is 17.4. The molecule has 0 aliphatic carbocycles. The Hall–Kier alpha value is -3.76. The van der Waals surface area contributed by atoms with Gasteiger partial charge in [0, 0.05) is 80.6 Å². The zero-order valence-electron chi connectivity index (χ0n) is 28.1. The Morgan fingerprint density at radius 3 is 2.62 bits per heavy atom. The van der Waals surface area contributed by atoms with Crippen LogP contribution in [0.15, 0.2) is 48.6 Å². The van der Waals surface area contributed by atoms with Crippen LogP contribution in [0.4, 0.5) is 15.9 Å². The number of alkyl halides is 1. The molecular formula is C37H48FN7O2. The summed E-state index contributed by atoms with van der Waals surface area (Å²) in [5.41, 5.74) is 4.74. The third kappa shape index (κ3) is 6.67. The second-order valence-corrected chi connectivity index (χ2v) is 13.7. The van der Waals surface area contributed by atoms with Crippen molar-refractivity contribution in [2.45, 2.75) is 64.3 Å². The van der Waals surface area contributed by atoms with Crippen LogP contribution in [0.3, 0.4) is 0 Å². The highest BCUT2D eigenvalue weighted by Crippen LogP contribution is 2.36. The molecule has 0 radical (unpaired) electrons. The predicted molar refractivity (Wildman–Crippen MR) is 185 cm³/mol. The summed E-state index contributed by atoms with van der Waals surface area (Å²) in [6.45, 7) is 11.2. The minimum atomic E-state index is -0.732. The molecule has 1 aromatic heterocycles. The Balaban J connectivity index is 1.13. The van der Waals surface area contributed by atoms with Gasteiger partial charge in [0.25, 0.3) is 0 Å². The lowest BCUT2D eigenvalue weighted by Crippen LogP contribution is -2.55. The summed E-state index contributed by atoms with van der Waals surface area (Å²) < 4.78 is 19.6. The highest BCUT2D eigenvalue weighted by molar-refractivity contribution is 5.97. The van der Waals surface area contributed by atoms with Crippen molar-refractivity contribution in [2.75, 3.05) is 75.8 Å². The summed E-state index contributed by atoms with van der Waals surface area (Å²) in [5.74, 6) is 0.988. The van der Waals surface area contributed by atoms with Gasteiger partial charge in [-0.25, -0.2) is 4.39 Å². The number of halogens is 1. The number of nitrogens with zero attached hydrogens (tertiary/aromatic N) is 7. The highest BCUT2D eigenvalue weighted by atomic mass is 19.1. The van der Waals surface area contributed by atoms with E-state index >= 15 is 0 Å². The van der Waals surface area contributed by atoms with Gasteiger partial charge in [-0.05, 0) is 63.2 Å². The van der Waals surface area contributed by atoms with Crippen molar-refractivity contribution in [2.24, 2.45) is 0 Å². The maximum absolute atomic E-state index is 13.2. The smallest absolute Gasteiger partial charge is 0.318 e. The largest absolute Gasteiger partial charge is 0.462 e. The normalized spacial score (nSPS) is 22.7. The Morgan fingerprint density at radius 2 is 1.85 bits per heavy atom. The van der Waals surface area contributed by atoms with E-state index in [1.807, 2.05) is 15.9 Å². The quantitative estimate of drug-likeness (QED) is 0.314. The van der Waals surface area contributed by atoms with Crippen LogP contribution in [0.1, 0.15) is 43.0 Å². The van der Waals surface area contributed by atoms with Gasteiger partial charge < -0.3 is 24.3 Å². The fourth-order valence-corrected chi connectivity index (χ4v) is 7.79. The Morgan fingerprint density at radius 1 is 1.02 bits per heavy atom. The number of aromatic nitrogens is 2. The third-order valence-electron chi connectivity index (χ3n) is 10.6. The van der Waals surface area contributed by atoms with Crippen LogP contribution in [0.25, 0.3) is 10.8 Å². The molecule has 4 aliphatic rings. The molecular weight excluding hydrogens is 593 g/mol. The van der Waals surface area contributed by atoms with Crippen LogP contribution >= 0.6 is 0 Å². The zero-order chi connectivity index (χ0) is 32.5. The van der Waals surface area contributed by atoms with Crippen LogP contribution < -0.4 is 14.5 Å². The van der Waals surface area contributed by atoms with Crippen molar-refractivity contribution in [3.63, 3.8) is 0 Å². The molecule has 4 aliphatic heterocycles. The number of amides is 1. The van der Waals surface area contributed by atoms with Gasteiger partial charge in [-0.3, -0.25) is 9.69 Å². The van der Waals surface area contributed by atoms with E-state index < -0.39 is 6.17 Å². The molecule has 0 saturated carbocycles. The average molecular weight is 642 g/mol. The summed E-state index contributed by atoms with van der Waals surface area (Å²) in [6, 6.07) is 14.0. The number of benzene rings is 2. The molecule has 0 spiro atoms. The molecule has 1 amide bonds. The van der Waals surface area contributed by atoms with Crippen molar-refractivity contribution < 1.29 is 13.9 Å². The van der Waals surface area contributed by atoms with Crippen LogP contribution in [0, 0.1) is 6.92 Å². The molecule has 3 fully saturated rings. The number of anilines is 2. The molecule has 2 atom stereocenters. The monoisotopic (exact) mass is 641 g/mol. The van der Waals surface area contributed by atoms with Crippen molar-refractivity contribution in [1.29, 1.82) is 0 Å². The Kier molecular flexibility index (Phi) is 9.32. The number of carbonyl (C=O) groups is 1. The molecule has 3 saturated heterocycles. The van der Waals surface area contributed by atoms with Gasteiger partial charge in [0.15, 0.2) is 0 Å². The first kappa shape index (κ1) is 31.8. The molecule has 10 heteroatoms. The lowest BCUT2D eigenvalue weighted by molar-refractivity contribution is -0.128. The van der Waals surface area contributed by atoms with Crippen LogP contribution in [0.2, 0.25) is 0 Å². The lowest BCUT2D eigenvalue weighted by Gasteiger charge is -2.42. The summed E-state index contributed by atoms with van der Waals surface area (Å²) in [4.78, 5) is 34.6. The number of hydrogen-bond donors (Lipinski definition) is 0. The van der Waals surface area contributed by atoms with E-state index in [4.69, 9.17) is 14.7 Å². The van der Waals surface area contributed by atoms with Gasteiger partial charge in [-0.15, -0.1) is 0 Å². The number of aryl methyl sites for hydroxylation is 1. The molecule has 7 rings (SSSR count). The van der Waals surface area contributed by atoms with Gasteiger partial charge >= 0.3 is 6.01 Å². The summed E-state index contributed by atoms with van der Waals surface area (Å²) in [7, 11) is 2.16. The number of piperazine rings is 1. The third-order valence-corrected chi connectivity index (χ3v) is 10.6. The number of likely N-dealkylation sites (N-methyl/N-ethyl adjacent to an activating group) is 1. The number of fused-ring (bicyclic) bond motifs is 2. The SMILES string of the molecule is CC[C@H]1CN(c2nc(OC[C@@H]3CCCN3C)nc3c2CCN(c2cccc4cccc(C)c24)C3)CCN1C(=O)/C=C/CN1CC(F)C1. The van der Waals surface area contributed by atoms with Gasteiger partial charge in [-0.1, -0.05) is 43.3 Å². The van der Waals surface area contributed by atoms with Gasteiger partial charge in [-0.2, -0.15) is 9.97 Å². The first-order chi connectivity index (χ1) is 22.9. The number of rotatable bonds is 9. The highest BCUT2D eigenvalue weighted by Gasteiger charge is 2.33. The van der Waals surface area contributed by atoms with Crippen molar-refractivity contribution >= 4 is 28.2 Å². The topological polar surface area (TPSA) is 68.3 Å². The van der Waals surface area contributed by atoms with Crippen molar-refractivity contribution in [3.8, 4) is 6.01 Å². The van der Waals surface area contributed by atoms with E-state index in [1.54, 1.807) is 6.08 Å². The molecule has 2 aromatic carbocycles. The molecule has 47 heavy (non-hydrogen) atoms. The molecule has 250 valence electrons. The van der Waals surface area contributed by atoms with Crippen LogP contribution in [-0.2, 0) is 17.8 Å². The molecule has 0 N–H and O–H groups in total. The van der Waals surface area contributed by atoms with E-state index in [2.05, 4.69) is 72.0 Å². The van der Waals surface area contributed by atoms with E-state index in [1.165, 1.54) is 34.0 Å². The summed E-state index contributed by atoms with van der Waals surface area (Å²) in [5, 5.41) is 2.55. The number of carbonyl (C=O) groups excluding carboxylic acids is 1. The fourth-order valence-electron chi connectivity index (χ4n) is 7.79. The van der Waals surface area contributed by atoms with Gasteiger partial charge in [0.2, 0.25) is 5.91 Å². The molecule has 0 bridgehead atoms. The molecule has 3 aromatic rings. The number of ether oxygens (including phenoxy) is 1. The minimum Gasteiger partial charge on any atom is -0.462 e. The van der Waals surface area contributed by atoms with E-state index in [-0.39, 0.29) is 11.9 Å². The first-order valence-electron chi connectivity index (χ1n) is 17.4. The van der Waals surface area contributed by atoms with E-state index in [0.29, 0.717) is 64.5 Å². The summed E-state index contributed by atoms with van der Waals surface area (Å²) >= 11 is 0. The van der Waals surface area contributed by atoms with Crippen molar-refractivity contribution in [1.82, 2.24) is 24.7 Å². The van der Waals surface area contributed by atoms with Crippen molar-refractivity contribution in [3.05, 3.63) is 65.4 Å². The van der Waals surface area contributed by atoms with Gasteiger partial charge in [0.05, 0.1) is 12.2 Å². The molecule has 0 unspecified atom stereocenters. The number of hydrogen-bond acceptors (Lipinski definition) is 8. The second kappa shape index (κ2) is 13.8. The molecule has 5 heterocycles. The maximum atomic E-state index is 13.2. The minimum absolute atomic E-state index is 0.0317. The van der Waals surface area contributed by atoms with Crippen LogP contribution in [0.5, 0.6) is 6.01 Å². The van der Waals surface area contributed by atoms with E-state index in [0.717, 1.165) is 43.9 Å². The predicted octanol–water partition coefficient (Wildman–Crippen LogP) is 4.61. The second-order valence-electron chi connectivity index (χ2n) is 13.7.